The standard InChI is InChI=1S/C22H25N3O2/c1-3-27-20-14-7-5-12-18(20)25-22-17(11-8-9-15-23-22)21(24-25)16-10-4-6-13-19(16)26-2/h4-7,10,12-14,23H,3,8-9,11,15H2,1-2H3. The second-order valence-corrected chi connectivity index (χ2v) is 6.57. The molecule has 1 aromatic heterocycles. The van der Waals surface area contributed by atoms with E-state index >= 15 is 0 Å². The van der Waals surface area contributed by atoms with Crippen LogP contribution in [0.5, 0.6) is 11.5 Å². The summed E-state index contributed by atoms with van der Waals surface area (Å²) in [4.78, 5) is 0. The minimum atomic E-state index is 0.618. The Balaban J connectivity index is 1.93. The van der Waals surface area contributed by atoms with Crippen molar-refractivity contribution in [2.24, 2.45) is 0 Å². The molecule has 1 N–H and O–H groups in total. The molecule has 1 aliphatic heterocycles. The van der Waals surface area contributed by atoms with E-state index in [1.807, 2.05) is 48.0 Å². The predicted molar refractivity (Wildman–Crippen MR) is 108 cm³/mol. The molecule has 4 rings (SSSR count). The molecule has 0 saturated heterocycles. The van der Waals surface area contributed by atoms with Crippen LogP contribution in [-0.2, 0) is 6.42 Å². The monoisotopic (exact) mass is 363 g/mol. The van der Waals surface area contributed by atoms with Crippen LogP contribution in [0.1, 0.15) is 25.3 Å². The zero-order chi connectivity index (χ0) is 18.6. The molecule has 0 saturated carbocycles. The molecule has 0 aliphatic carbocycles. The van der Waals surface area contributed by atoms with Crippen molar-refractivity contribution in [3.05, 3.63) is 54.1 Å². The average Bonchev–Trinajstić information content (AvgIpc) is 2.89. The Kier molecular flexibility index (Phi) is 5.01. The van der Waals surface area contributed by atoms with Gasteiger partial charge in [0, 0.05) is 17.7 Å². The second-order valence-electron chi connectivity index (χ2n) is 6.57. The van der Waals surface area contributed by atoms with E-state index in [4.69, 9.17) is 14.6 Å². The number of para-hydroxylation sites is 3. The number of methoxy groups -OCH3 is 1. The van der Waals surface area contributed by atoms with Gasteiger partial charge >= 0.3 is 0 Å². The zero-order valence-electron chi connectivity index (χ0n) is 15.9. The number of hydrogen-bond acceptors (Lipinski definition) is 4. The maximum atomic E-state index is 5.86. The maximum absolute atomic E-state index is 5.86. The molecule has 0 bridgehead atoms. The molecule has 3 aromatic rings. The van der Waals surface area contributed by atoms with E-state index < -0.39 is 0 Å². The molecular weight excluding hydrogens is 338 g/mol. The van der Waals surface area contributed by atoms with Crippen molar-refractivity contribution in [2.75, 3.05) is 25.6 Å². The number of hydrogen-bond donors (Lipinski definition) is 1. The molecule has 2 aromatic carbocycles. The molecule has 0 amide bonds. The quantitative estimate of drug-likeness (QED) is 0.714. The Morgan fingerprint density at radius 3 is 2.63 bits per heavy atom. The van der Waals surface area contributed by atoms with Crippen molar-refractivity contribution >= 4 is 5.82 Å². The number of nitrogens with zero attached hydrogens (tertiary/aromatic N) is 2. The molecular formula is C22H25N3O2. The van der Waals surface area contributed by atoms with Gasteiger partial charge in [-0.15, -0.1) is 0 Å². The van der Waals surface area contributed by atoms with Gasteiger partial charge in [0.1, 0.15) is 28.7 Å². The third-order valence-electron chi connectivity index (χ3n) is 4.88. The molecule has 0 atom stereocenters. The minimum absolute atomic E-state index is 0.618. The fourth-order valence-corrected chi connectivity index (χ4v) is 3.64. The summed E-state index contributed by atoms with van der Waals surface area (Å²) in [6, 6.07) is 16.1. The normalized spacial score (nSPS) is 13.4. The van der Waals surface area contributed by atoms with E-state index in [-0.39, 0.29) is 0 Å². The summed E-state index contributed by atoms with van der Waals surface area (Å²) >= 11 is 0. The van der Waals surface area contributed by atoms with E-state index in [0.29, 0.717) is 6.61 Å². The lowest BCUT2D eigenvalue weighted by Gasteiger charge is -2.13. The number of fused-ring (bicyclic) bond motifs is 1. The highest BCUT2D eigenvalue weighted by atomic mass is 16.5. The van der Waals surface area contributed by atoms with Crippen LogP contribution in [0.25, 0.3) is 16.9 Å². The number of nitrogens with one attached hydrogen (secondary N) is 1. The smallest absolute Gasteiger partial charge is 0.145 e. The lowest BCUT2D eigenvalue weighted by molar-refractivity contribution is 0.338. The number of aromatic nitrogens is 2. The highest BCUT2D eigenvalue weighted by molar-refractivity contribution is 5.76. The lowest BCUT2D eigenvalue weighted by atomic mass is 10.0. The van der Waals surface area contributed by atoms with Crippen LogP contribution in [0, 0.1) is 0 Å². The summed E-state index contributed by atoms with van der Waals surface area (Å²) < 4.78 is 13.5. The van der Waals surface area contributed by atoms with Gasteiger partial charge in [0.05, 0.1) is 13.7 Å². The highest BCUT2D eigenvalue weighted by Gasteiger charge is 2.24. The number of rotatable bonds is 5. The second kappa shape index (κ2) is 7.74. The van der Waals surface area contributed by atoms with Gasteiger partial charge in [0.2, 0.25) is 0 Å². The first-order valence-corrected chi connectivity index (χ1v) is 9.54. The first kappa shape index (κ1) is 17.5. The van der Waals surface area contributed by atoms with Gasteiger partial charge in [-0.05, 0) is 50.5 Å². The number of anilines is 1. The largest absolute Gasteiger partial charge is 0.496 e. The molecule has 1 aliphatic rings. The van der Waals surface area contributed by atoms with Gasteiger partial charge < -0.3 is 14.8 Å². The Hall–Kier alpha value is -2.95. The van der Waals surface area contributed by atoms with E-state index in [2.05, 4.69) is 17.4 Å². The van der Waals surface area contributed by atoms with Crippen LogP contribution >= 0.6 is 0 Å². The van der Waals surface area contributed by atoms with Crippen LogP contribution in [0.4, 0.5) is 5.82 Å². The van der Waals surface area contributed by atoms with Gasteiger partial charge in [-0.1, -0.05) is 24.3 Å². The molecule has 5 nitrogen and oxygen atoms in total. The fourth-order valence-electron chi connectivity index (χ4n) is 3.64. The van der Waals surface area contributed by atoms with E-state index in [0.717, 1.165) is 60.1 Å². The fraction of sp³-hybridized carbons (Fsp3) is 0.318. The van der Waals surface area contributed by atoms with Crippen LogP contribution < -0.4 is 14.8 Å². The van der Waals surface area contributed by atoms with E-state index in [1.165, 1.54) is 5.56 Å². The molecule has 0 radical (unpaired) electrons. The van der Waals surface area contributed by atoms with Gasteiger partial charge in [-0.25, -0.2) is 4.68 Å². The van der Waals surface area contributed by atoms with Gasteiger partial charge in [-0.2, -0.15) is 5.10 Å². The maximum Gasteiger partial charge on any atom is 0.145 e. The number of ether oxygens (including phenoxy) is 2. The SMILES string of the molecule is CCOc1ccccc1-n1nc(-c2ccccc2OC)c2c1NCCCC2. The number of benzene rings is 2. The summed E-state index contributed by atoms with van der Waals surface area (Å²) in [5.74, 6) is 2.73. The Labute approximate surface area is 159 Å². The first-order valence-electron chi connectivity index (χ1n) is 9.54. The third kappa shape index (κ3) is 3.25. The molecule has 27 heavy (non-hydrogen) atoms. The molecule has 140 valence electrons. The zero-order valence-corrected chi connectivity index (χ0v) is 15.9. The van der Waals surface area contributed by atoms with Crippen LogP contribution in [-0.4, -0.2) is 30.0 Å². The lowest BCUT2D eigenvalue weighted by Crippen LogP contribution is -2.08. The topological polar surface area (TPSA) is 48.3 Å². The summed E-state index contributed by atoms with van der Waals surface area (Å²) in [6.07, 6.45) is 3.28. The molecule has 5 heteroatoms. The molecule has 0 fully saturated rings. The van der Waals surface area contributed by atoms with Crippen molar-refractivity contribution in [1.82, 2.24) is 9.78 Å². The van der Waals surface area contributed by atoms with Crippen LogP contribution in [0.2, 0.25) is 0 Å². The van der Waals surface area contributed by atoms with Gasteiger partial charge in [-0.3, -0.25) is 0 Å². The Bertz CT molecular complexity index is 933. The van der Waals surface area contributed by atoms with Crippen molar-refractivity contribution in [1.29, 1.82) is 0 Å². The van der Waals surface area contributed by atoms with Crippen LogP contribution in [0.3, 0.4) is 0 Å². The summed E-state index contributed by atoms with van der Waals surface area (Å²) in [5.41, 5.74) is 4.19. The van der Waals surface area contributed by atoms with Crippen molar-refractivity contribution in [3.8, 4) is 28.4 Å². The van der Waals surface area contributed by atoms with Gasteiger partial charge in [0.25, 0.3) is 0 Å². The van der Waals surface area contributed by atoms with Crippen molar-refractivity contribution in [3.63, 3.8) is 0 Å². The van der Waals surface area contributed by atoms with E-state index in [9.17, 15) is 0 Å². The van der Waals surface area contributed by atoms with Gasteiger partial charge in [0.15, 0.2) is 0 Å². The summed E-state index contributed by atoms with van der Waals surface area (Å²) in [5, 5.41) is 8.61. The van der Waals surface area contributed by atoms with E-state index in [1.54, 1.807) is 7.11 Å². The summed E-state index contributed by atoms with van der Waals surface area (Å²) in [6.45, 7) is 3.56. The Morgan fingerprint density at radius 2 is 1.81 bits per heavy atom. The predicted octanol–water partition coefficient (Wildman–Crippen LogP) is 4.69. The highest BCUT2D eigenvalue weighted by Crippen LogP contribution is 2.39. The molecule has 2 heterocycles. The summed E-state index contributed by atoms with van der Waals surface area (Å²) in [7, 11) is 1.71. The minimum Gasteiger partial charge on any atom is -0.496 e. The Morgan fingerprint density at radius 1 is 1.04 bits per heavy atom. The molecule has 0 unspecified atom stereocenters. The first-order chi connectivity index (χ1) is 13.3. The average molecular weight is 363 g/mol. The van der Waals surface area contributed by atoms with Crippen molar-refractivity contribution in [2.45, 2.75) is 26.2 Å². The third-order valence-corrected chi connectivity index (χ3v) is 4.88. The molecule has 0 spiro atoms. The van der Waals surface area contributed by atoms with Crippen molar-refractivity contribution < 1.29 is 9.47 Å². The van der Waals surface area contributed by atoms with Crippen LogP contribution in [0.15, 0.2) is 48.5 Å².